The highest BCUT2D eigenvalue weighted by molar-refractivity contribution is 6.29. The Bertz CT molecular complexity index is 327. The third-order valence-electron chi connectivity index (χ3n) is 2.34. The summed E-state index contributed by atoms with van der Waals surface area (Å²) in [6.45, 7) is 2.90. The van der Waals surface area contributed by atoms with E-state index in [4.69, 9.17) is 17.3 Å². The van der Waals surface area contributed by atoms with Crippen molar-refractivity contribution in [2.45, 2.75) is 13.0 Å². The molecule has 5 heteroatoms. The number of nitrogen functional groups attached to an aromatic ring is 1. The molecule has 3 N–H and O–H groups in total. The van der Waals surface area contributed by atoms with Gasteiger partial charge in [0.05, 0.1) is 5.69 Å². The van der Waals surface area contributed by atoms with Crippen LogP contribution in [0.1, 0.15) is 6.92 Å². The van der Waals surface area contributed by atoms with Crippen LogP contribution in [-0.4, -0.2) is 36.6 Å². The zero-order chi connectivity index (χ0) is 11.4. The molecule has 1 aromatic rings. The topological polar surface area (TPSA) is 54.2 Å². The first-order chi connectivity index (χ1) is 7.00. The minimum atomic E-state index is 0.408. The first-order valence-electron chi connectivity index (χ1n) is 4.83. The molecule has 1 unspecified atom stereocenters. The molecule has 1 aromatic heterocycles. The molecule has 0 fully saturated rings. The predicted molar refractivity (Wildman–Crippen MR) is 65.3 cm³/mol. The van der Waals surface area contributed by atoms with Crippen LogP contribution in [0.5, 0.6) is 0 Å². The number of hydrogen-bond acceptors (Lipinski definition) is 4. The second-order valence-electron chi connectivity index (χ2n) is 3.77. The lowest BCUT2D eigenvalue weighted by Gasteiger charge is -2.20. The van der Waals surface area contributed by atoms with E-state index < -0.39 is 0 Å². The van der Waals surface area contributed by atoms with Crippen LogP contribution in [0.3, 0.4) is 0 Å². The minimum absolute atomic E-state index is 0.408. The molecule has 1 atom stereocenters. The maximum Gasteiger partial charge on any atom is 0.151 e. The quantitative estimate of drug-likeness (QED) is 0.770. The Labute approximate surface area is 95.4 Å². The molecule has 4 nitrogen and oxygen atoms in total. The lowest BCUT2D eigenvalue weighted by atomic mass is 10.3. The standard InChI is InChI=1S/C10H17ClN4/c1-7(15(2)3)6-13-10-8(12)4-5-9(11)14-10/h4-5,7H,6,12H2,1-3H3,(H,13,14). The van der Waals surface area contributed by atoms with Gasteiger partial charge < -0.3 is 16.0 Å². The third-order valence-corrected chi connectivity index (χ3v) is 2.55. The fraction of sp³-hybridized carbons (Fsp3) is 0.500. The highest BCUT2D eigenvalue weighted by atomic mass is 35.5. The second kappa shape index (κ2) is 5.19. The lowest BCUT2D eigenvalue weighted by Crippen LogP contribution is -2.31. The first kappa shape index (κ1) is 12.1. The van der Waals surface area contributed by atoms with Crippen LogP contribution in [0.25, 0.3) is 0 Å². The molecule has 0 saturated carbocycles. The molecular formula is C10H17ClN4. The van der Waals surface area contributed by atoms with Crippen LogP contribution >= 0.6 is 11.6 Å². The van der Waals surface area contributed by atoms with Gasteiger partial charge in [-0.2, -0.15) is 0 Å². The summed E-state index contributed by atoms with van der Waals surface area (Å²) in [5.41, 5.74) is 6.37. The Hall–Kier alpha value is -1.00. The van der Waals surface area contributed by atoms with Gasteiger partial charge in [0, 0.05) is 12.6 Å². The van der Waals surface area contributed by atoms with E-state index in [0.29, 0.717) is 22.7 Å². The zero-order valence-corrected chi connectivity index (χ0v) is 10.0. The average molecular weight is 229 g/mol. The molecule has 15 heavy (non-hydrogen) atoms. The number of rotatable bonds is 4. The summed E-state index contributed by atoms with van der Waals surface area (Å²) in [4.78, 5) is 6.23. The van der Waals surface area contributed by atoms with Crippen LogP contribution in [0.15, 0.2) is 12.1 Å². The number of pyridine rings is 1. The maximum atomic E-state index is 5.78. The van der Waals surface area contributed by atoms with Gasteiger partial charge in [0.15, 0.2) is 5.82 Å². The van der Waals surface area contributed by atoms with Gasteiger partial charge in [-0.25, -0.2) is 4.98 Å². The third kappa shape index (κ3) is 3.57. The van der Waals surface area contributed by atoms with Crippen LogP contribution in [0, 0.1) is 0 Å². The van der Waals surface area contributed by atoms with Gasteiger partial charge in [0.1, 0.15) is 5.15 Å². The van der Waals surface area contributed by atoms with Gasteiger partial charge in [-0.15, -0.1) is 0 Å². The molecule has 0 amide bonds. The molecule has 1 heterocycles. The minimum Gasteiger partial charge on any atom is -0.396 e. The predicted octanol–water partition coefficient (Wildman–Crippen LogP) is 1.68. The monoisotopic (exact) mass is 228 g/mol. The summed E-state index contributed by atoms with van der Waals surface area (Å²) >= 11 is 5.78. The first-order valence-corrected chi connectivity index (χ1v) is 5.21. The summed E-state index contributed by atoms with van der Waals surface area (Å²) in [5, 5.41) is 3.62. The van der Waals surface area contributed by atoms with E-state index in [0.717, 1.165) is 6.54 Å². The average Bonchev–Trinajstić information content (AvgIpc) is 2.18. The number of anilines is 2. The van der Waals surface area contributed by atoms with Gasteiger partial charge in [-0.1, -0.05) is 11.6 Å². The summed E-state index contributed by atoms with van der Waals surface area (Å²) in [7, 11) is 4.06. The van der Waals surface area contributed by atoms with Gasteiger partial charge in [-0.05, 0) is 33.2 Å². The largest absolute Gasteiger partial charge is 0.396 e. The van der Waals surface area contributed by atoms with Crippen LogP contribution in [0.2, 0.25) is 5.15 Å². The Morgan fingerprint density at radius 3 is 2.80 bits per heavy atom. The fourth-order valence-electron chi connectivity index (χ4n) is 1.01. The van der Waals surface area contributed by atoms with Crippen molar-refractivity contribution in [2.24, 2.45) is 0 Å². The van der Waals surface area contributed by atoms with Crippen LogP contribution in [-0.2, 0) is 0 Å². The molecule has 0 aliphatic heterocycles. The van der Waals surface area contributed by atoms with Crippen molar-refractivity contribution in [3.63, 3.8) is 0 Å². The highest BCUT2D eigenvalue weighted by Gasteiger charge is 2.06. The summed E-state index contributed by atoms with van der Waals surface area (Å²) in [6, 6.07) is 3.83. The Balaban J connectivity index is 2.61. The van der Waals surface area contributed by atoms with E-state index >= 15 is 0 Å². The maximum absolute atomic E-state index is 5.78. The lowest BCUT2D eigenvalue weighted by molar-refractivity contribution is 0.326. The van der Waals surface area contributed by atoms with E-state index in [1.54, 1.807) is 12.1 Å². The van der Waals surface area contributed by atoms with Crippen molar-refractivity contribution in [1.82, 2.24) is 9.88 Å². The Morgan fingerprint density at radius 1 is 1.53 bits per heavy atom. The zero-order valence-electron chi connectivity index (χ0n) is 9.29. The van der Waals surface area contributed by atoms with E-state index in [-0.39, 0.29) is 0 Å². The molecule has 0 radical (unpaired) electrons. The van der Waals surface area contributed by atoms with E-state index in [1.807, 2.05) is 14.1 Å². The van der Waals surface area contributed by atoms with Crippen LogP contribution < -0.4 is 11.1 Å². The molecule has 84 valence electrons. The van der Waals surface area contributed by atoms with Crippen LogP contribution in [0.4, 0.5) is 11.5 Å². The molecule has 0 bridgehead atoms. The molecule has 1 rings (SSSR count). The van der Waals surface area contributed by atoms with Crippen molar-refractivity contribution in [2.75, 3.05) is 31.7 Å². The highest BCUT2D eigenvalue weighted by Crippen LogP contribution is 2.18. The molecule has 0 saturated heterocycles. The summed E-state index contributed by atoms with van der Waals surface area (Å²) < 4.78 is 0. The number of nitrogens with zero attached hydrogens (tertiary/aromatic N) is 2. The van der Waals surface area contributed by atoms with Crippen molar-refractivity contribution in [1.29, 1.82) is 0 Å². The number of halogens is 1. The summed E-state index contributed by atoms with van der Waals surface area (Å²) in [5.74, 6) is 0.649. The summed E-state index contributed by atoms with van der Waals surface area (Å²) in [6.07, 6.45) is 0. The normalized spacial score (nSPS) is 12.9. The number of aromatic nitrogens is 1. The fourth-order valence-corrected chi connectivity index (χ4v) is 1.16. The molecule has 0 aliphatic rings. The second-order valence-corrected chi connectivity index (χ2v) is 4.15. The number of nitrogens with two attached hydrogens (primary N) is 1. The van der Waals surface area contributed by atoms with Crippen molar-refractivity contribution >= 4 is 23.1 Å². The molecular weight excluding hydrogens is 212 g/mol. The van der Waals surface area contributed by atoms with Gasteiger partial charge in [-0.3, -0.25) is 0 Å². The van der Waals surface area contributed by atoms with Crippen molar-refractivity contribution < 1.29 is 0 Å². The van der Waals surface area contributed by atoms with Gasteiger partial charge in [0.2, 0.25) is 0 Å². The number of nitrogens with one attached hydrogen (secondary N) is 1. The molecule has 0 aliphatic carbocycles. The molecule has 0 spiro atoms. The molecule has 0 aromatic carbocycles. The smallest absolute Gasteiger partial charge is 0.151 e. The van der Waals surface area contributed by atoms with Crippen molar-refractivity contribution in [3.8, 4) is 0 Å². The van der Waals surface area contributed by atoms with E-state index in [2.05, 4.69) is 22.1 Å². The van der Waals surface area contributed by atoms with E-state index in [1.165, 1.54) is 0 Å². The van der Waals surface area contributed by atoms with Gasteiger partial charge in [0.25, 0.3) is 0 Å². The Kier molecular flexibility index (Phi) is 4.17. The SMILES string of the molecule is CC(CNc1nc(Cl)ccc1N)N(C)C. The van der Waals surface area contributed by atoms with Gasteiger partial charge >= 0.3 is 0 Å². The number of likely N-dealkylation sites (N-methyl/N-ethyl adjacent to an activating group) is 1. The van der Waals surface area contributed by atoms with Crippen molar-refractivity contribution in [3.05, 3.63) is 17.3 Å². The Morgan fingerprint density at radius 2 is 2.20 bits per heavy atom. The number of hydrogen-bond donors (Lipinski definition) is 2. The van der Waals surface area contributed by atoms with E-state index in [9.17, 15) is 0 Å².